The molecule has 0 fully saturated rings. The molecule has 1 aromatic rings. The van der Waals surface area contributed by atoms with E-state index in [9.17, 15) is 17.6 Å². The Kier molecular flexibility index (Phi) is 5.00. The number of nitrogens with two attached hydrogens (primary N) is 1. The maximum absolute atomic E-state index is 13.9. The topological polar surface area (TPSA) is 35.2 Å². The molecule has 1 aromatic carbocycles. The summed E-state index contributed by atoms with van der Waals surface area (Å²) in [6, 6.07) is 4.28. The molecule has 0 unspecified atom stereocenters. The Balaban J connectivity index is 3.15. The highest BCUT2D eigenvalue weighted by Crippen LogP contribution is 2.48. The molecule has 0 aliphatic carbocycles. The molecule has 0 aliphatic heterocycles. The minimum Gasteiger partial charge on any atom is -0.426 e. The van der Waals surface area contributed by atoms with Crippen molar-refractivity contribution in [2.75, 3.05) is 5.73 Å². The van der Waals surface area contributed by atoms with Crippen LogP contribution in [0.3, 0.4) is 0 Å². The van der Waals surface area contributed by atoms with Crippen LogP contribution in [0, 0.1) is 5.41 Å². The Hall–Kier alpha value is -1.46. The third-order valence-electron chi connectivity index (χ3n) is 4.22. The second-order valence-corrected chi connectivity index (χ2v) is 7.43. The van der Waals surface area contributed by atoms with Crippen molar-refractivity contribution >= 4 is 5.69 Å². The SMILES string of the molecule is CCC(C)(C)c1ccc(OC(F)(F)C(F)(F)C(C)(C)C)c(N)c1. The predicted molar refractivity (Wildman–Crippen MR) is 84.1 cm³/mol. The average Bonchev–Trinajstić information content (AvgIpc) is 2.39. The van der Waals surface area contributed by atoms with Crippen molar-refractivity contribution in [1.82, 2.24) is 0 Å². The first-order chi connectivity index (χ1) is 10.2. The van der Waals surface area contributed by atoms with Crippen LogP contribution in [-0.4, -0.2) is 12.0 Å². The van der Waals surface area contributed by atoms with E-state index in [1.165, 1.54) is 12.1 Å². The molecule has 0 amide bonds. The normalized spacial score (nSPS) is 14.0. The zero-order valence-corrected chi connectivity index (χ0v) is 14.4. The number of hydrogen-bond acceptors (Lipinski definition) is 2. The van der Waals surface area contributed by atoms with Crippen LogP contribution in [0.4, 0.5) is 23.2 Å². The van der Waals surface area contributed by atoms with Gasteiger partial charge in [-0.2, -0.15) is 17.6 Å². The van der Waals surface area contributed by atoms with Crippen LogP contribution in [0.5, 0.6) is 5.75 Å². The number of alkyl halides is 4. The number of halogens is 4. The maximum atomic E-state index is 13.9. The lowest BCUT2D eigenvalue weighted by atomic mass is 9.82. The Morgan fingerprint density at radius 3 is 1.91 bits per heavy atom. The van der Waals surface area contributed by atoms with Crippen molar-refractivity contribution in [2.24, 2.45) is 5.41 Å². The minimum absolute atomic E-state index is 0.0894. The summed E-state index contributed by atoms with van der Waals surface area (Å²) >= 11 is 0. The summed E-state index contributed by atoms with van der Waals surface area (Å²) in [5, 5.41) is 0. The van der Waals surface area contributed by atoms with Gasteiger partial charge in [0, 0.05) is 5.41 Å². The van der Waals surface area contributed by atoms with E-state index in [2.05, 4.69) is 4.74 Å². The van der Waals surface area contributed by atoms with E-state index >= 15 is 0 Å². The van der Waals surface area contributed by atoms with Crippen LogP contribution >= 0.6 is 0 Å². The van der Waals surface area contributed by atoms with Crippen LogP contribution in [0.2, 0.25) is 0 Å². The Morgan fingerprint density at radius 2 is 1.52 bits per heavy atom. The van der Waals surface area contributed by atoms with Gasteiger partial charge in [0.2, 0.25) is 0 Å². The van der Waals surface area contributed by atoms with Crippen molar-refractivity contribution in [3.8, 4) is 5.75 Å². The summed E-state index contributed by atoms with van der Waals surface area (Å²) < 4.78 is 60.1. The fourth-order valence-corrected chi connectivity index (χ4v) is 1.91. The second-order valence-electron chi connectivity index (χ2n) is 7.43. The molecule has 0 aromatic heterocycles. The van der Waals surface area contributed by atoms with E-state index < -0.39 is 23.2 Å². The molecule has 2 nitrogen and oxygen atoms in total. The molecule has 1 rings (SSSR count). The third kappa shape index (κ3) is 3.72. The second kappa shape index (κ2) is 5.87. The molecule has 132 valence electrons. The Bertz CT molecular complexity index is 562. The molecule has 0 radical (unpaired) electrons. The molecule has 0 saturated heterocycles. The lowest BCUT2D eigenvalue weighted by Crippen LogP contribution is -2.53. The fourth-order valence-electron chi connectivity index (χ4n) is 1.91. The highest BCUT2D eigenvalue weighted by atomic mass is 19.3. The summed E-state index contributed by atoms with van der Waals surface area (Å²) in [4.78, 5) is 0. The first-order valence-corrected chi connectivity index (χ1v) is 7.50. The predicted octanol–water partition coefficient (Wildman–Crippen LogP) is 5.61. The van der Waals surface area contributed by atoms with Gasteiger partial charge < -0.3 is 10.5 Å². The van der Waals surface area contributed by atoms with Gasteiger partial charge in [-0.1, -0.05) is 47.6 Å². The van der Waals surface area contributed by atoms with Crippen LogP contribution in [0.15, 0.2) is 18.2 Å². The van der Waals surface area contributed by atoms with Crippen LogP contribution in [0.25, 0.3) is 0 Å². The van der Waals surface area contributed by atoms with Crippen molar-refractivity contribution < 1.29 is 22.3 Å². The first-order valence-electron chi connectivity index (χ1n) is 7.50. The summed E-state index contributed by atoms with van der Waals surface area (Å²) in [5.41, 5.74) is 4.30. The van der Waals surface area contributed by atoms with Crippen LogP contribution in [0.1, 0.15) is 53.5 Å². The standard InChI is InChI=1S/C17H25F4NO/c1-7-15(5,6)11-8-9-13(12(22)10-11)23-17(20,21)16(18,19)14(2,3)4/h8-10H,7,22H2,1-6H3. The quantitative estimate of drug-likeness (QED) is 0.561. The van der Waals surface area contributed by atoms with E-state index in [0.29, 0.717) is 0 Å². The maximum Gasteiger partial charge on any atom is 0.464 e. The molecular formula is C17H25F4NO. The highest BCUT2D eigenvalue weighted by Gasteiger charge is 2.66. The van der Waals surface area contributed by atoms with Crippen molar-refractivity contribution in [1.29, 1.82) is 0 Å². The summed E-state index contributed by atoms with van der Waals surface area (Å²) in [7, 11) is 0. The third-order valence-corrected chi connectivity index (χ3v) is 4.22. The molecule has 0 saturated carbocycles. The van der Waals surface area contributed by atoms with E-state index in [0.717, 1.165) is 32.8 Å². The van der Waals surface area contributed by atoms with Gasteiger partial charge in [-0.25, -0.2) is 0 Å². The molecule has 2 N–H and O–H groups in total. The van der Waals surface area contributed by atoms with Crippen molar-refractivity contribution in [3.63, 3.8) is 0 Å². The van der Waals surface area contributed by atoms with E-state index in [1.54, 1.807) is 6.07 Å². The first kappa shape index (κ1) is 19.6. The van der Waals surface area contributed by atoms with Gasteiger partial charge >= 0.3 is 12.0 Å². The minimum atomic E-state index is -4.67. The van der Waals surface area contributed by atoms with E-state index in [-0.39, 0.29) is 11.1 Å². The van der Waals surface area contributed by atoms with E-state index in [1.807, 2.05) is 20.8 Å². The zero-order chi connectivity index (χ0) is 18.3. The van der Waals surface area contributed by atoms with Gasteiger partial charge in [0.25, 0.3) is 0 Å². The molecular weight excluding hydrogens is 310 g/mol. The molecule has 0 spiro atoms. The number of nitrogen functional groups attached to an aromatic ring is 1. The average molecular weight is 335 g/mol. The Labute approximate surface area is 135 Å². The number of benzene rings is 1. The summed E-state index contributed by atoms with van der Waals surface area (Å²) in [6.07, 6.45) is -3.86. The number of anilines is 1. The van der Waals surface area contributed by atoms with Gasteiger partial charge in [-0.3, -0.25) is 0 Å². The van der Waals surface area contributed by atoms with Crippen LogP contribution in [-0.2, 0) is 5.41 Å². The summed E-state index contributed by atoms with van der Waals surface area (Å²) in [5.74, 6) is -4.80. The molecule has 0 heterocycles. The number of rotatable bonds is 5. The summed E-state index contributed by atoms with van der Waals surface area (Å²) in [6.45, 7) is 9.02. The van der Waals surface area contributed by atoms with Crippen molar-refractivity contribution in [3.05, 3.63) is 23.8 Å². The van der Waals surface area contributed by atoms with Gasteiger partial charge in [0.1, 0.15) is 5.75 Å². The molecule has 6 heteroatoms. The van der Waals surface area contributed by atoms with Gasteiger partial charge in [-0.05, 0) is 29.5 Å². The van der Waals surface area contributed by atoms with E-state index in [4.69, 9.17) is 5.73 Å². The van der Waals surface area contributed by atoms with Gasteiger partial charge in [0.05, 0.1) is 5.69 Å². The van der Waals surface area contributed by atoms with Gasteiger partial charge in [-0.15, -0.1) is 0 Å². The lowest BCUT2D eigenvalue weighted by molar-refractivity contribution is -0.340. The number of ether oxygens (including phenoxy) is 1. The molecule has 0 atom stereocenters. The largest absolute Gasteiger partial charge is 0.464 e. The Morgan fingerprint density at radius 1 is 1.00 bits per heavy atom. The highest BCUT2D eigenvalue weighted by molar-refractivity contribution is 5.55. The van der Waals surface area contributed by atoms with Gasteiger partial charge in [0.15, 0.2) is 0 Å². The van der Waals surface area contributed by atoms with Crippen LogP contribution < -0.4 is 10.5 Å². The smallest absolute Gasteiger partial charge is 0.426 e. The lowest BCUT2D eigenvalue weighted by Gasteiger charge is -2.35. The monoisotopic (exact) mass is 335 g/mol. The van der Waals surface area contributed by atoms with Crippen molar-refractivity contribution in [2.45, 2.75) is 65.4 Å². The molecule has 23 heavy (non-hydrogen) atoms. The fraction of sp³-hybridized carbons (Fsp3) is 0.647. The zero-order valence-electron chi connectivity index (χ0n) is 14.4. The number of hydrogen-bond donors (Lipinski definition) is 1. The molecule has 0 aliphatic rings. The molecule has 0 bridgehead atoms.